The molecule has 0 radical (unpaired) electrons. The molecule has 2 unspecified atom stereocenters. The fourth-order valence-electron chi connectivity index (χ4n) is 4.38. The lowest BCUT2D eigenvalue weighted by atomic mass is 9.78. The number of ether oxygens (including phenoxy) is 2. The van der Waals surface area contributed by atoms with Gasteiger partial charge in [0.2, 0.25) is 0 Å². The third-order valence-corrected chi connectivity index (χ3v) is 8.80. The first-order valence-corrected chi connectivity index (χ1v) is 17.9. The highest BCUT2D eigenvalue weighted by Crippen LogP contribution is 2.33. The van der Waals surface area contributed by atoms with E-state index in [1.807, 2.05) is 0 Å². The molecule has 41 heavy (non-hydrogen) atoms. The van der Waals surface area contributed by atoms with Gasteiger partial charge in [0, 0.05) is 0 Å². The SMILES string of the molecule is CCC(C)(C)CC.CCC(CC)COC(=O)C(C)O.CCC1CO1.CCCC1CCC(CCC)CC1.CCCCC. The average Bonchev–Trinajstić information content (AvgIpc) is 3.82. The largest absolute Gasteiger partial charge is 0.463 e. The third kappa shape index (κ3) is 32.1. The Hall–Kier alpha value is -0.610. The molecule has 1 saturated carbocycles. The van der Waals surface area contributed by atoms with Crippen LogP contribution in [0.4, 0.5) is 0 Å². The second-order valence-corrected chi connectivity index (χ2v) is 13.0. The fraction of sp³-hybridized carbons (Fsp3) is 0.973. The summed E-state index contributed by atoms with van der Waals surface area (Å²) in [7, 11) is 0. The van der Waals surface area contributed by atoms with Crippen LogP contribution in [0.5, 0.6) is 0 Å². The van der Waals surface area contributed by atoms with E-state index in [2.05, 4.69) is 76.2 Å². The van der Waals surface area contributed by atoms with Crippen molar-refractivity contribution in [3.05, 3.63) is 0 Å². The summed E-state index contributed by atoms with van der Waals surface area (Å²) >= 11 is 0. The van der Waals surface area contributed by atoms with Crippen molar-refractivity contribution in [1.29, 1.82) is 0 Å². The Morgan fingerprint density at radius 3 is 1.39 bits per heavy atom. The molecule has 2 aliphatic rings. The maximum atomic E-state index is 10.8. The quantitative estimate of drug-likeness (QED) is 0.162. The van der Waals surface area contributed by atoms with Crippen molar-refractivity contribution in [2.45, 2.75) is 198 Å². The number of aliphatic hydroxyl groups is 1. The van der Waals surface area contributed by atoms with Gasteiger partial charge < -0.3 is 14.6 Å². The minimum Gasteiger partial charge on any atom is -0.463 e. The first-order valence-electron chi connectivity index (χ1n) is 17.9. The zero-order chi connectivity index (χ0) is 32.1. The van der Waals surface area contributed by atoms with Crippen LogP contribution in [0.3, 0.4) is 0 Å². The van der Waals surface area contributed by atoms with E-state index < -0.39 is 12.1 Å². The second-order valence-electron chi connectivity index (χ2n) is 13.0. The average molecular weight is 587 g/mol. The van der Waals surface area contributed by atoms with Crippen molar-refractivity contribution in [3.8, 4) is 0 Å². The standard InChI is InChI=1S/C12H24.C9H18O3.C7H16.C5H12.C4H8O/c1-3-5-11-7-9-12(6-4-2)10-8-11;1-4-8(5-2)6-12-9(11)7(3)10;1-5-7(3,4)6-2;1-3-5-4-2;1-2-4-3-5-4/h11-12H,3-10H2,1-2H3;7-8,10H,4-6H2,1-3H3;5-6H2,1-4H3;3-5H2,1-2H3;4H,2-3H2,1H3. The van der Waals surface area contributed by atoms with E-state index in [0.29, 0.717) is 24.0 Å². The number of hydrogen-bond acceptors (Lipinski definition) is 4. The Kier molecular flexibility index (Phi) is 33.7. The predicted octanol–water partition coefficient (Wildman–Crippen LogP) is 11.6. The van der Waals surface area contributed by atoms with Gasteiger partial charge in [0.1, 0.15) is 6.10 Å². The van der Waals surface area contributed by atoms with Crippen LogP contribution >= 0.6 is 0 Å². The molecule has 1 heterocycles. The number of rotatable bonds is 14. The summed E-state index contributed by atoms with van der Waals surface area (Å²) in [6.07, 6.45) is 21.4. The zero-order valence-electron chi connectivity index (χ0n) is 30.3. The number of hydrogen-bond donors (Lipinski definition) is 1. The predicted molar refractivity (Wildman–Crippen MR) is 182 cm³/mol. The normalized spacial score (nSPS) is 20.0. The van der Waals surface area contributed by atoms with Crippen LogP contribution < -0.4 is 0 Å². The Morgan fingerprint density at radius 2 is 1.22 bits per heavy atom. The minimum absolute atomic E-state index is 0.424. The Bertz CT molecular complexity index is 493. The van der Waals surface area contributed by atoms with Crippen molar-refractivity contribution in [2.24, 2.45) is 23.2 Å². The lowest BCUT2D eigenvalue weighted by Crippen LogP contribution is -2.22. The number of aliphatic hydroxyl groups excluding tert-OH is 1. The molecule has 2 fully saturated rings. The molecule has 4 nitrogen and oxygen atoms in total. The van der Waals surface area contributed by atoms with Crippen LogP contribution in [0, 0.1) is 23.2 Å². The summed E-state index contributed by atoms with van der Waals surface area (Å²) in [6, 6.07) is 0. The molecular formula is C37H78O4. The summed E-state index contributed by atoms with van der Waals surface area (Å²) in [4.78, 5) is 10.8. The van der Waals surface area contributed by atoms with Gasteiger partial charge in [0.15, 0.2) is 0 Å². The summed E-state index contributed by atoms with van der Waals surface area (Å²) in [5.41, 5.74) is 0.583. The van der Waals surface area contributed by atoms with Crippen molar-refractivity contribution < 1.29 is 19.4 Å². The van der Waals surface area contributed by atoms with E-state index in [-0.39, 0.29) is 0 Å². The second kappa shape index (κ2) is 30.8. The van der Waals surface area contributed by atoms with Crippen LogP contribution in [-0.2, 0) is 14.3 Å². The van der Waals surface area contributed by atoms with Gasteiger partial charge in [0.25, 0.3) is 0 Å². The van der Waals surface area contributed by atoms with Gasteiger partial charge in [0.05, 0.1) is 19.3 Å². The fourth-order valence-corrected chi connectivity index (χ4v) is 4.38. The summed E-state index contributed by atoms with van der Waals surface area (Å²) < 4.78 is 9.72. The first kappa shape index (κ1) is 44.8. The number of esters is 1. The van der Waals surface area contributed by atoms with E-state index in [9.17, 15) is 4.79 Å². The van der Waals surface area contributed by atoms with E-state index in [1.165, 1.54) is 96.8 Å². The Labute approximate surface area is 259 Å². The Balaban J connectivity index is -0.000000463. The molecule has 1 aliphatic carbocycles. The van der Waals surface area contributed by atoms with Crippen LogP contribution in [0.25, 0.3) is 0 Å². The summed E-state index contributed by atoms with van der Waals surface area (Å²) in [5, 5.41) is 8.80. The first-order chi connectivity index (χ1) is 19.4. The molecule has 0 amide bonds. The molecule has 0 aromatic rings. The van der Waals surface area contributed by atoms with Gasteiger partial charge >= 0.3 is 5.97 Å². The molecule has 1 N–H and O–H groups in total. The zero-order valence-corrected chi connectivity index (χ0v) is 30.3. The van der Waals surface area contributed by atoms with E-state index >= 15 is 0 Å². The molecule has 1 aliphatic heterocycles. The van der Waals surface area contributed by atoms with Gasteiger partial charge in [-0.15, -0.1) is 0 Å². The molecule has 0 aromatic heterocycles. The minimum atomic E-state index is -1.00. The Morgan fingerprint density at radius 1 is 0.805 bits per heavy atom. The van der Waals surface area contributed by atoms with Crippen molar-refractivity contribution >= 4 is 5.97 Å². The molecule has 4 heteroatoms. The lowest BCUT2D eigenvalue weighted by molar-refractivity contribution is -0.154. The third-order valence-electron chi connectivity index (χ3n) is 8.80. The van der Waals surface area contributed by atoms with Crippen LogP contribution in [0.1, 0.15) is 186 Å². The maximum absolute atomic E-state index is 10.8. The van der Waals surface area contributed by atoms with Gasteiger partial charge in [-0.1, -0.05) is 172 Å². The molecule has 2 atom stereocenters. The molecule has 0 bridgehead atoms. The highest BCUT2D eigenvalue weighted by molar-refractivity contribution is 5.73. The van der Waals surface area contributed by atoms with E-state index in [1.54, 1.807) is 0 Å². The van der Waals surface area contributed by atoms with E-state index in [4.69, 9.17) is 14.6 Å². The smallest absolute Gasteiger partial charge is 0.334 e. The highest BCUT2D eigenvalue weighted by Gasteiger charge is 2.19. The van der Waals surface area contributed by atoms with E-state index in [0.717, 1.165) is 31.3 Å². The van der Waals surface area contributed by atoms with Gasteiger partial charge in [-0.2, -0.15) is 0 Å². The number of carbonyl (C=O) groups excluding carboxylic acids is 1. The van der Waals surface area contributed by atoms with Crippen LogP contribution in [0.2, 0.25) is 0 Å². The van der Waals surface area contributed by atoms with Gasteiger partial charge in [-0.25, -0.2) is 4.79 Å². The monoisotopic (exact) mass is 587 g/mol. The number of unbranched alkanes of at least 4 members (excludes halogenated alkanes) is 2. The molecule has 0 spiro atoms. The molecule has 0 aromatic carbocycles. The number of epoxide rings is 1. The van der Waals surface area contributed by atoms with Crippen LogP contribution in [-0.4, -0.2) is 36.5 Å². The summed E-state index contributed by atoms with van der Waals surface area (Å²) in [5.74, 6) is 2.07. The van der Waals surface area contributed by atoms with Crippen LogP contribution in [0.15, 0.2) is 0 Å². The summed E-state index contributed by atoms with van der Waals surface area (Å²) in [6.45, 7) is 27.2. The molecule has 2 rings (SSSR count). The topological polar surface area (TPSA) is 59.1 Å². The van der Waals surface area contributed by atoms with Crippen molar-refractivity contribution in [1.82, 2.24) is 0 Å². The van der Waals surface area contributed by atoms with Crippen molar-refractivity contribution in [3.63, 3.8) is 0 Å². The van der Waals surface area contributed by atoms with Gasteiger partial charge in [-0.3, -0.25) is 0 Å². The molecule has 1 saturated heterocycles. The highest BCUT2D eigenvalue weighted by atomic mass is 16.6. The molecular weight excluding hydrogens is 508 g/mol. The maximum Gasteiger partial charge on any atom is 0.334 e. The number of carbonyl (C=O) groups is 1. The molecule has 250 valence electrons. The van der Waals surface area contributed by atoms with Crippen molar-refractivity contribution in [2.75, 3.05) is 13.2 Å². The lowest BCUT2D eigenvalue weighted by Gasteiger charge is -2.27. The van der Waals surface area contributed by atoms with Gasteiger partial charge in [-0.05, 0) is 36.5 Å².